The van der Waals surface area contributed by atoms with Gasteiger partial charge in [0, 0.05) is 6.54 Å². The molecule has 0 saturated carbocycles. The quantitative estimate of drug-likeness (QED) is 0.549. The Kier molecular flexibility index (Phi) is 7.65. The molecule has 0 aliphatic carbocycles. The Hall–Kier alpha value is -2.62. The summed E-state index contributed by atoms with van der Waals surface area (Å²) in [7, 11) is 2.06. The van der Waals surface area contributed by atoms with Crippen molar-refractivity contribution in [1.29, 1.82) is 0 Å². The van der Waals surface area contributed by atoms with Gasteiger partial charge in [-0.3, -0.25) is 0 Å². The second-order valence-electron chi connectivity index (χ2n) is 7.21. The van der Waals surface area contributed by atoms with Crippen LogP contribution in [0.5, 0.6) is 5.75 Å². The van der Waals surface area contributed by atoms with E-state index in [1.165, 1.54) is 11.1 Å². The van der Waals surface area contributed by atoms with Gasteiger partial charge in [0.05, 0.1) is 6.10 Å². The molecule has 0 heterocycles. The van der Waals surface area contributed by atoms with E-state index in [-0.39, 0.29) is 0 Å². The molecule has 28 heavy (non-hydrogen) atoms. The number of likely N-dealkylation sites (N-methyl/N-ethyl adjacent to an activating group) is 1. The molecular formula is C25H29NO2. The highest BCUT2D eigenvalue weighted by atomic mass is 16.5. The van der Waals surface area contributed by atoms with Crippen LogP contribution in [-0.2, 0) is 13.0 Å². The first-order valence-corrected chi connectivity index (χ1v) is 9.88. The molecule has 0 unspecified atom stereocenters. The van der Waals surface area contributed by atoms with Crippen LogP contribution in [0.3, 0.4) is 0 Å². The van der Waals surface area contributed by atoms with Gasteiger partial charge in [-0.2, -0.15) is 0 Å². The molecule has 3 heteroatoms. The Morgan fingerprint density at radius 3 is 2.14 bits per heavy atom. The lowest BCUT2D eigenvalue weighted by Crippen LogP contribution is -2.26. The van der Waals surface area contributed by atoms with Crippen LogP contribution in [0, 0.1) is 0 Å². The Bertz CT molecular complexity index is 803. The largest absolute Gasteiger partial charge is 0.489 e. The smallest absolute Gasteiger partial charge is 0.119 e. The van der Waals surface area contributed by atoms with E-state index < -0.39 is 6.10 Å². The molecule has 0 aliphatic rings. The SMILES string of the molecule is CN(CCCc1ccc(OCc2ccccc2)cc1)C[C@@H](O)c1ccccc1. The number of aryl methyl sites for hydroxylation is 1. The maximum atomic E-state index is 10.3. The normalized spacial score (nSPS) is 12.1. The summed E-state index contributed by atoms with van der Waals surface area (Å²) in [5, 5.41) is 10.3. The maximum absolute atomic E-state index is 10.3. The highest BCUT2D eigenvalue weighted by Crippen LogP contribution is 2.16. The number of benzene rings is 3. The minimum absolute atomic E-state index is 0.438. The average Bonchev–Trinajstić information content (AvgIpc) is 2.74. The fourth-order valence-corrected chi connectivity index (χ4v) is 3.21. The van der Waals surface area contributed by atoms with Crippen molar-refractivity contribution in [2.24, 2.45) is 0 Å². The van der Waals surface area contributed by atoms with E-state index in [1.807, 2.05) is 60.7 Å². The summed E-state index contributed by atoms with van der Waals surface area (Å²) in [6.45, 7) is 2.20. The summed E-state index contributed by atoms with van der Waals surface area (Å²) in [5.74, 6) is 0.899. The topological polar surface area (TPSA) is 32.7 Å². The summed E-state index contributed by atoms with van der Waals surface area (Å²) in [5.41, 5.74) is 3.46. The first kappa shape index (κ1) is 20.1. The Morgan fingerprint density at radius 2 is 1.46 bits per heavy atom. The van der Waals surface area contributed by atoms with Crippen molar-refractivity contribution >= 4 is 0 Å². The van der Waals surface area contributed by atoms with Crippen LogP contribution >= 0.6 is 0 Å². The lowest BCUT2D eigenvalue weighted by atomic mass is 10.1. The molecule has 3 nitrogen and oxygen atoms in total. The first-order chi connectivity index (χ1) is 13.7. The molecule has 0 amide bonds. The van der Waals surface area contributed by atoms with E-state index in [0.29, 0.717) is 13.2 Å². The molecular weight excluding hydrogens is 346 g/mol. The van der Waals surface area contributed by atoms with Crippen LogP contribution in [0.25, 0.3) is 0 Å². The molecule has 146 valence electrons. The van der Waals surface area contributed by atoms with Crippen LogP contribution in [0.15, 0.2) is 84.9 Å². The molecule has 1 N–H and O–H groups in total. The van der Waals surface area contributed by atoms with Gasteiger partial charge in [0.1, 0.15) is 12.4 Å². The van der Waals surface area contributed by atoms with Crippen LogP contribution in [0.1, 0.15) is 29.2 Å². The zero-order chi connectivity index (χ0) is 19.6. The van der Waals surface area contributed by atoms with E-state index in [4.69, 9.17) is 4.74 Å². The predicted molar refractivity (Wildman–Crippen MR) is 114 cm³/mol. The molecule has 0 radical (unpaired) electrons. The molecule has 0 aromatic heterocycles. The summed E-state index contributed by atoms with van der Waals surface area (Å²) in [4.78, 5) is 2.19. The van der Waals surface area contributed by atoms with Crippen molar-refractivity contribution in [3.05, 3.63) is 102 Å². The van der Waals surface area contributed by atoms with E-state index >= 15 is 0 Å². The molecule has 3 aromatic rings. The van der Waals surface area contributed by atoms with E-state index in [0.717, 1.165) is 30.7 Å². The summed E-state index contributed by atoms with van der Waals surface area (Å²) in [6, 6.07) is 28.4. The van der Waals surface area contributed by atoms with Crippen molar-refractivity contribution in [3.8, 4) is 5.75 Å². The van der Waals surface area contributed by atoms with Gasteiger partial charge < -0.3 is 14.7 Å². The maximum Gasteiger partial charge on any atom is 0.119 e. The van der Waals surface area contributed by atoms with Crippen molar-refractivity contribution in [1.82, 2.24) is 4.90 Å². The van der Waals surface area contributed by atoms with Gasteiger partial charge in [-0.25, -0.2) is 0 Å². The first-order valence-electron chi connectivity index (χ1n) is 9.88. The monoisotopic (exact) mass is 375 g/mol. The third kappa shape index (κ3) is 6.52. The van der Waals surface area contributed by atoms with Crippen LogP contribution in [0.4, 0.5) is 0 Å². The zero-order valence-corrected chi connectivity index (χ0v) is 16.5. The molecule has 3 rings (SSSR count). The van der Waals surface area contributed by atoms with Crippen molar-refractivity contribution < 1.29 is 9.84 Å². The molecule has 1 atom stereocenters. The van der Waals surface area contributed by atoms with E-state index in [2.05, 4.69) is 36.2 Å². The number of aliphatic hydroxyl groups is 1. The molecule has 0 spiro atoms. The summed E-state index contributed by atoms with van der Waals surface area (Å²) >= 11 is 0. The summed E-state index contributed by atoms with van der Waals surface area (Å²) in [6.07, 6.45) is 1.64. The number of hydrogen-bond donors (Lipinski definition) is 1. The van der Waals surface area contributed by atoms with Crippen LogP contribution < -0.4 is 4.74 Å². The number of aliphatic hydroxyl groups excluding tert-OH is 1. The Labute approximate surface area is 168 Å². The highest BCUT2D eigenvalue weighted by Gasteiger charge is 2.10. The van der Waals surface area contributed by atoms with Gasteiger partial charge in [0.25, 0.3) is 0 Å². The molecule has 3 aromatic carbocycles. The van der Waals surface area contributed by atoms with Gasteiger partial charge in [-0.05, 0) is 55.3 Å². The second kappa shape index (κ2) is 10.6. The Balaban J connectivity index is 1.37. The number of rotatable bonds is 10. The lowest BCUT2D eigenvalue weighted by Gasteiger charge is -2.20. The van der Waals surface area contributed by atoms with Crippen LogP contribution in [-0.4, -0.2) is 30.1 Å². The number of nitrogens with zero attached hydrogens (tertiary/aromatic N) is 1. The van der Waals surface area contributed by atoms with Crippen LogP contribution in [0.2, 0.25) is 0 Å². The fraction of sp³-hybridized carbons (Fsp3) is 0.280. The average molecular weight is 376 g/mol. The molecule has 0 fully saturated rings. The predicted octanol–water partition coefficient (Wildman–Crippen LogP) is 4.86. The highest BCUT2D eigenvalue weighted by molar-refractivity contribution is 5.28. The van der Waals surface area contributed by atoms with E-state index in [9.17, 15) is 5.11 Å². The van der Waals surface area contributed by atoms with Gasteiger partial charge in [-0.1, -0.05) is 72.8 Å². The minimum Gasteiger partial charge on any atom is -0.489 e. The number of hydrogen-bond acceptors (Lipinski definition) is 3. The molecule has 0 saturated heterocycles. The summed E-state index contributed by atoms with van der Waals surface area (Å²) < 4.78 is 5.84. The van der Waals surface area contributed by atoms with Gasteiger partial charge in [0.2, 0.25) is 0 Å². The standard InChI is InChI=1S/C25H29NO2/c1-26(19-25(27)23-12-6-3-7-13-23)18-8-11-21-14-16-24(17-15-21)28-20-22-9-4-2-5-10-22/h2-7,9-10,12-17,25,27H,8,11,18-20H2,1H3/t25-/m1/s1. The minimum atomic E-state index is -0.438. The lowest BCUT2D eigenvalue weighted by molar-refractivity contribution is 0.126. The number of ether oxygens (including phenoxy) is 1. The van der Waals surface area contributed by atoms with Crippen molar-refractivity contribution in [3.63, 3.8) is 0 Å². The zero-order valence-electron chi connectivity index (χ0n) is 16.5. The van der Waals surface area contributed by atoms with E-state index in [1.54, 1.807) is 0 Å². The third-order valence-corrected chi connectivity index (χ3v) is 4.85. The van der Waals surface area contributed by atoms with Gasteiger partial charge in [0.15, 0.2) is 0 Å². The van der Waals surface area contributed by atoms with Gasteiger partial charge in [-0.15, -0.1) is 0 Å². The Morgan fingerprint density at radius 1 is 0.821 bits per heavy atom. The van der Waals surface area contributed by atoms with Crippen molar-refractivity contribution in [2.45, 2.75) is 25.6 Å². The van der Waals surface area contributed by atoms with Crippen molar-refractivity contribution in [2.75, 3.05) is 20.1 Å². The molecule has 0 aliphatic heterocycles. The third-order valence-electron chi connectivity index (χ3n) is 4.85. The second-order valence-corrected chi connectivity index (χ2v) is 7.21. The van der Waals surface area contributed by atoms with Gasteiger partial charge >= 0.3 is 0 Å². The molecule has 0 bridgehead atoms. The fourth-order valence-electron chi connectivity index (χ4n) is 3.21.